The Hall–Kier alpha value is -0.620. The van der Waals surface area contributed by atoms with Gasteiger partial charge >= 0.3 is 0 Å². The molecule has 0 saturated heterocycles. The first-order chi connectivity index (χ1) is 7.51. The fourth-order valence-corrected chi connectivity index (χ4v) is 2.28. The highest BCUT2D eigenvalue weighted by atomic mass is 35.5. The van der Waals surface area contributed by atoms with Crippen molar-refractivity contribution in [2.24, 2.45) is 5.73 Å². The Morgan fingerprint density at radius 3 is 2.24 bits per heavy atom. The molecule has 0 aliphatic heterocycles. The minimum atomic E-state index is -3.14. The number of benzene rings is 1. The number of aliphatic hydroxyl groups is 1. The quantitative estimate of drug-likeness (QED) is 0.851. The third-order valence-corrected chi connectivity index (χ3v) is 4.24. The van der Waals surface area contributed by atoms with Crippen LogP contribution in [0.4, 0.5) is 0 Å². The van der Waals surface area contributed by atoms with Crippen molar-refractivity contribution in [1.29, 1.82) is 0 Å². The summed E-state index contributed by atoms with van der Waals surface area (Å²) in [6.07, 6.45) is 0.472. The normalized spacial score (nSPS) is 12.9. The summed E-state index contributed by atoms with van der Waals surface area (Å²) < 4.78 is 23.1. The van der Waals surface area contributed by atoms with Crippen molar-refractivity contribution in [2.45, 2.75) is 24.3 Å². The van der Waals surface area contributed by atoms with Crippen molar-refractivity contribution in [3.05, 3.63) is 29.8 Å². The minimum absolute atomic E-state index is 0. The lowest BCUT2D eigenvalue weighted by atomic mass is 10.1. The van der Waals surface area contributed by atoms with Gasteiger partial charge in [0.1, 0.15) is 0 Å². The van der Waals surface area contributed by atoms with E-state index in [0.717, 1.165) is 5.56 Å². The standard InChI is InChI=1S/C11H17NO3S.ClH/c1-2-16(14,15)10-5-3-9(4-6-10)11(12)7-8-13;/h3-6,11,13H,2,7-8,12H2,1H3;1H/t11-;/m0./s1. The molecule has 1 atom stereocenters. The Labute approximate surface area is 108 Å². The molecule has 0 unspecified atom stereocenters. The van der Waals surface area contributed by atoms with E-state index in [1.54, 1.807) is 31.2 Å². The maximum absolute atomic E-state index is 11.5. The van der Waals surface area contributed by atoms with Crippen LogP contribution in [-0.2, 0) is 9.84 Å². The maximum Gasteiger partial charge on any atom is 0.178 e. The summed E-state index contributed by atoms with van der Waals surface area (Å²) in [6.45, 7) is 1.64. The molecule has 4 nitrogen and oxygen atoms in total. The van der Waals surface area contributed by atoms with E-state index in [9.17, 15) is 8.42 Å². The molecule has 0 radical (unpaired) electrons. The molecule has 17 heavy (non-hydrogen) atoms. The highest BCUT2D eigenvalue weighted by Crippen LogP contribution is 2.17. The number of rotatable bonds is 5. The van der Waals surface area contributed by atoms with E-state index in [-0.39, 0.29) is 30.8 Å². The molecule has 1 rings (SSSR count). The Balaban J connectivity index is 0.00000256. The molecule has 0 spiro atoms. The van der Waals surface area contributed by atoms with E-state index in [0.29, 0.717) is 11.3 Å². The third-order valence-electron chi connectivity index (χ3n) is 2.49. The van der Waals surface area contributed by atoms with E-state index < -0.39 is 9.84 Å². The number of nitrogens with two attached hydrogens (primary N) is 1. The van der Waals surface area contributed by atoms with Gasteiger partial charge in [0, 0.05) is 12.6 Å². The molecule has 0 bridgehead atoms. The zero-order valence-corrected chi connectivity index (χ0v) is 11.3. The van der Waals surface area contributed by atoms with Gasteiger partial charge in [0.15, 0.2) is 9.84 Å². The molecule has 0 aliphatic carbocycles. The van der Waals surface area contributed by atoms with Crippen LogP contribution in [0.15, 0.2) is 29.2 Å². The van der Waals surface area contributed by atoms with Crippen molar-refractivity contribution in [1.82, 2.24) is 0 Å². The van der Waals surface area contributed by atoms with E-state index >= 15 is 0 Å². The molecule has 3 N–H and O–H groups in total. The van der Waals surface area contributed by atoms with Gasteiger partial charge in [-0.1, -0.05) is 19.1 Å². The highest BCUT2D eigenvalue weighted by molar-refractivity contribution is 7.91. The zero-order valence-electron chi connectivity index (χ0n) is 9.67. The van der Waals surface area contributed by atoms with E-state index in [2.05, 4.69) is 0 Å². The molecule has 1 aromatic carbocycles. The fourth-order valence-electron chi connectivity index (χ4n) is 1.39. The summed E-state index contributed by atoms with van der Waals surface area (Å²) in [5.41, 5.74) is 6.62. The Morgan fingerprint density at radius 2 is 1.82 bits per heavy atom. The molecule has 0 aromatic heterocycles. The van der Waals surface area contributed by atoms with Crippen LogP contribution < -0.4 is 5.73 Å². The van der Waals surface area contributed by atoms with Crippen LogP contribution in [0.3, 0.4) is 0 Å². The number of aliphatic hydroxyl groups excluding tert-OH is 1. The van der Waals surface area contributed by atoms with E-state index in [1.807, 2.05) is 0 Å². The molecule has 0 aliphatic rings. The van der Waals surface area contributed by atoms with Gasteiger partial charge in [-0.15, -0.1) is 12.4 Å². The van der Waals surface area contributed by atoms with Gasteiger partial charge in [-0.05, 0) is 24.1 Å². The summed E-state index contributed by atoms with van der Waals surface area (Å²) in [7, 11) is -3.14. The van der Waals surface area contributed by atoms with Crippen molar-refractivity contribution < 1.29 is 13.5 Å². The first-order valence-corrected chi connectivity index (χ1v) is 6.85. The summed E-state index contributed by atoms with van der Waals surface area (Å²) in [5, 5.41) is 8.74. The summed E-state index contributed by atoms with van der Waals surface area (Å²) >= 11 is 0. The van der Waals surface area contributed by atoms with Crippen LogP contribution in [0.25, 0.3) is 0 Å². The second-order valence-electron chi connectivity index (χ2n) is 3.59. The number of hydrogen-bond donors (Lipinski definition) is 2. The molecule has 98 valence electrons. The smallest absolute Gasteiger partial charge is 0.178 e. The molecule has 6 heteroatoms. The lowest BCUT2D eigenvalue weighted by Gasteiger charge is -2.10. The molecule has 0 amide bonds. The van der Waals surface area contributed by atoms with Crippen LogP contribution in [0, 0.1) is 0 Å². The van der Waals surface area contributed by atoms with Crippen molar-refractivity contribution >= 4 is 22.2 Å². The topological polar surface area (TPSA) is 80.4 Å². The predicted molar refractivity (Wildman–Crippen MR) is 70.0 cm³/mol. The van der Waals surface area contributed by atoms with Gasteiger partial charge in [0.05, 0.1) is 10.6 Å². The van der Waals surface area contributed by atoms with E-state index in [1.165, 1.54) is 0 Å². The average molecular weight is 280 g/mol. The van der Waals surface area contributed by atoms with Crippen molar-refractivity contribution in [3.63, 3.8) is 0 Å². The Kier molecular flexibility index (Phi) is 6.70. The number of hydrogen-bond acceptors (Lipinski definition) is 4. The number of halogens is 1. The SMILES string of the molecule is CCS(=O)(=O)c1ccc([C@@H](N)CCO)cc1.Cl. The van der Waals surface area contributed by atoms with Crippen molar-refractivity contribution in [2.75, 3.05) is 12.4 Å². The second kappa shape index (κ2) is 6.96. The Morgan fingerprint density at radius 1 is 1.29 bits per heavy atom. The lowest BCUT2D eigenvalue weighted by molar-refractivity contribution is 0.276. The largest absolute Gasteiger partial charge is 0.396 e. The van der Waals surface area contributed by atoms with Gasteiger partial charge in [-0.2, -0.15) is 0 Å². The first kappa shape index (κ1) is 16.4. The van der Waals surface area contributed by atoms with Crippen LogP contribution in [0.5, 0.6) is 0 Å². The average Bonchev–Trinajstić information content (AvgIpc) is 2.29. The van der Waals surface area contributed by atoms with Gasteiger partial charge in [0.25, 0.3) is 0 Å². The van der Waals surface area contributed by atoms with Gasteiger partial charge in [0.2, 0.25) is 0 Å². The van der Waals surface area contributed by atoms with Crippen LogP contribution in [-0.4, -0.2) is 25.9 Å². The second-order valence-corrected chi connectivity index (χ2v) is 5.87. The monoisotopic (exact) mass is 279 g/mol. The first-order valence-electron chi connectivity index (χ1n) is 5.20. The van der Waals surface area contributed by atoms with E-state index in [4.69, 9.17) is 10.8 Å². The van der Waals surface area contributed by atoms with Crippen LogP contribution in [0.2, 0.25) is 0 Å². The molecule has 0 saturated carbocycles. The van der Waals surface area contributed by atoms with Crippen LogP contribution in [0.1, 0.15) is 24.9 Å². The summed E-state index contributed by atoms with van der Waals surface area (Å²) in [5.74, 6) is 0.0923. The predicted octanol–water partition coefficient (Wildman–Crippen LogP) is 1.28. The Bertz CT molecular complexity index is 431. The molecule has 0 heterocycles. The summed E-state index contributed by atoms with van der Waals surface area (Å²) in [6, 6.07) is 6.27. The zero-order chi connectivity index (χ0) is 12.2. The summed E-state index contributed by atoms with van der Waals surface area (Å²) in [4.78, 5) is 0.315. The van der Waals surface area contributed by atoms with Crippen LogP contribution >= 0.6 is 12.4 Å². The molecule has 0 fully saturated rings. The lowest BCUT2D eigenvalue weighted by Crippen LogP contribution is -2.12. The van der Waals surface area contributed by atoms with Crippen molar-refractivity contribution in [3.8, 4) is 0 Å². The third kappa shape index (κ3) is 4.27. The fraction of sp³-hybridized carbons (Fsp3) is 0.455. The maximum atomic E-state index is 11.5. The molecule has 1 aromatic rings. The highest BCUT2D eigenvalue weighted by Gasteiger charge is 2.12. The van der Waals surface area contributed by atoms with Gasteiger partial charge in [-0.25, -0.2) is 8.42 Å². The van der Waals surface area contributed by atoms with Gasteiger partial charge in [-0.3, -0.25) is 0 Å². The number of sulfone groups is 1. The molecular weight excluding hydrogens is 262 g/mol. The molecular formula is C11H18ClNO3S. The minimum Gasteiger partial charge on any atom is -0.396 e. The van der Waals surface area contributed by atoms with Gasteiger partial charge < -0.3 is 10.8 Å².